The molecule has 0 bridgehead atoms. The maximum absolute atomic E-state index is 13.3. The van der Waals surface area contributed by atoms with Crippen LogP contribution in [0.4, 0.5) is 22.4 Å². The van der Waals surface area contributed by atoms with E-state index in [9.17, 15) is 22.4 Å². The monoisotopic (exact) mass is 308 g/mol. The number of nitrogens with zero attached hydrogens (tertiary/aromatic N) is 1. The number of urea groups is 1. The molecule has 0 saturated heterocycles. The Balaban J connectivity index is 2.62. The molecule has 4 nitrogen and oxygen atoms in total. The molecule has 0 heterocycles. The van der Waals surface area contributed by atoms with E-state index < -0.39 is 37.7 Å². The number of hydrogen-bond donors (Lipinski definition) is 2. The minimum absolute atomic E-state index is 0.101. The van der Waals surface area contributed by atoms with Crippen molar-refractivity contribution in [3.63, 3.8) is 0 Å². The zero-order chi connectivity index (χ0) is 16.0. The average molecular weight is 308 g/mol. The van der Waals surface area contributed by atoms with Crippen molar-refractivity contribution in [1.29, 1.82) is 0 Å². The quantitative estimate of drug-likeness (QED) is 0.819. The summed E-state index contributed by atoms with van der Waals surface area (Å²) in [6.45, 7) is -1.00. The van der Waals surface area contributed by atoms with Crippen LogP contribution in [0.25, 0.3) is 0 Å². The van der Waals surface area contributed by atoms with Crippen molar-refractivity contribution in [2.24, 2.45) is 0 Å². The third-order valence-electron chi connectivity index (χ3n) is 2.71. The molecule has 1 aromatic rings. The van der Waals surface area contributed by atoms with Crippen molar-refractivity contribution in [3.8, 4) is 0 Å². The molecule has 21 heavy (non-hydrogen) atoms. The molecule has 1 rings (SSSR count). The van der Waals surface area contributed by atoms with Crippen molar-refractivity contribution in [2.45, 2.75) is 19.6 Å². The normalized spacial score (nSPS) is 11.3. The summed E-state index contributed by atoms with van der Waals surface area (Å²) >= 11 is 0. The predicted molar refractivity (Wildman–Crippen MR) is 68.1 cm³/mol. The Bertz CT molecular complexity index is 492. The first kappa shape index (κ1) is 17.2. The first-order chi connectivity index (χ1) is 9.73. The molecule has 2 amide bonds. The van der Waals surface area contributed by atoms with Crippen LogP contribution in [0.5, 0.6) is 0 Å². The van der Waals surface area contributed by atoms with Gasteiger partial charge in [0.15, 0.2) is 0 Å². The van der Waals surface area contributed by atoms with Crippen LogP contribution in [0.3, 0.4) is 0 Å². The van der Waals surface area contributed by atoms with Crippen LogP contribution in [-0.2, 0) is 6.54 Å². The number of alkyl halides is 3. The second-order valence-corrected chi connectivity index (χ2v) is 4.50. The van der Waals surface area contributed by atoms with E-state index in [-0.39, 0.29) is 6.54 Å². The molecule has 0 saturated carbocycles. The Kier molecular flexibility index (Phi) is 5.95. The second kappa shape index (κ2) is 7.26. The zero-order valence-electron chi connectivity index (χ0n) is 11.4. The maximum atomic E-state index is 13.3. The fourth-order valence-electron chi connectivity index (χ4n) is 1.63. The van der Waals surface area contributed by atoms with Crippen molar-refractivity contribution in [3.05, 3.63) is 35.1 Å². The van der Waals surface area contributed by atoms with Crippen molar-refractivity contribution >= 4 is 6.03 Å². The molecule has 0 spiro atoms. The van der Waals surface area contributed by atoms with Gasteiger partial charge in [-0.15, -0.1) is 0 Å². The molecule has 0 aliphatic heterocycles. The van der Waals surface area contributed by atoms with Crippen LogP contribution in [0.15, 0.2) is 18.2 Å². The van der Waals surface area contributed by atoms with Gasteiger partial charge in [-0.25, -0.2) is 9.18 Å². The summed E-state index contributed by atoms with van der Waals surface area (Å²) < 4.78 is 50.2. The second-order valence-electron chi connectivity index (χ2n) is 4.50. The van der Waals surface area contributed by atoms with Gasteiger partial charge in [-0.1, -0.05) is 12.1 Å². The number of aryl methyl sites for hydroxylation is 1. The molecule has 8 heteroatoms. The van der Waals surface area contributed by atoms with Crippen molar-refractivity contribution < 1.29 is 27.5 Å². The Labute approximate surface area is 119 Å². The van der Waals surface area contributed by atoms with E-state index >= 15 is 0 Å². The highest BCUT2D eigenvalue weighted by atomic mass is 19.4. The Morgan fingerprint density at radius 3 is 2.57 bits per heavy atom. The van der Waals surface area contributed by atoms with Crippen LogP contribution in [0, 0.1) is 12.7 Å². The molecule has 0 atom stereocenters. The van der Waals surface area contributed by atoms with Gasteiger partial charge in [0, 0.05) is 13.1 Å². The van der Waals surface area contributed by atoms with Gasteiger partial charge in [-0.3, -0.25) is 0 Å². The van der Waals surface area contributed by atoms with E-state index in [4.69, 9.17) is 5.11 Å². The summed E-state index contributed by atoms with van der Waals surface area (Å²) in [6, 6.07) is 3.31. The van der Waals surface area contributed by atoms with E-state index in [0.29, 0.717) is 16.0 Å². The summed E-state index contributed by atoms with van der Waals surface area (Å²) in [7, 11) is 0. The molecule has 1 aromatic carbocycles. The van der Waals surface area contributed by atoms with Crippen LogP contribution >= 0.6 is 0 Å². The Morgan fingerprint density at radius 1 is 1.38 bits per heavy atom. The molecule has 0 aromatic heterocycles. The van der Waals surface area contributed by atoms with E-state index in [1.54, 1.807) is 13.0 Å². The fraction of sp³-hybridized carbons (Fsp3) is 0.462. The number of aliphatic hydroxyl groups excluding tert-OH is 1. The van der Waals surface area contributed by atoms with Gasteiger partial charge in [-0.05, 0) is 24.1 Å². The van der Waals surface area contributed by atoms with Gasteiger partial charge >= 0.3 is 12.2 Å². The fourth-order valence-corrected chi connectivity index (χ4v) is 1.63. The number of aliphatic hydroxyl groups is 1. The molecule has 0 fully saturated rings. The smallest absolute Gasteiger partial charge is 0.395 e. The first-order valence-corrected chi connectivity index (χ1v) is 6.18. The summed E-state index contributed by atoms with van der Waals surface area (Å²) in [5.41, 5.74) is 0.867. The van der Waals surface area contributed by atoms with Crippen LogP contribution in [-0.4, -0.2) is 41.9 Å². The van der Waals surface area contributed by atoms with Gasteiger partial charge in [0.25, 0.3) is 0 Å². The van der Waals surface area contributed by atoms with E-state index in [0.717, 1.165) is 0 Å². The van der Waals surface area contributed by atoms with E-state index in [1.165, 1.54) is 12.1 Å². The molecule has 118 valence electrons. The average Bonchev–Trinajstić information content (AvgIpc) is 2.38. The Morgan fingerprint density at radius 2 is 2.05 bits per heavy atom. The molecular formula is C13H16F4N2O2. The number of halogens is 4. The van der Waals surface area contributed by atoms with Crippen molar-refractivity contribution in [1.82, 2.24) is 10.2 Å². The van der Waals surface area contributed by atoms with Gasteiger partial charge in [-0.2, -0.15) is 13.2 Å². The third kappa shape index (κ3) is 5.99. The number of benzene rings is 1. The maximum Gasteiger partial charge on any atom is 0.406 e. The summed E-state index contributed by atoms with van der Waals surface area (Å²) in [5, 5.41) is 11.0. The predicted octanol–water partition coefficient (Wildman–Crippen LogP) is 2.20. The number of carbonyl (C=O) groups excluding carboxylic acids is 1. The number of rotatable bonds is 5. The summed E-state index contributed by atoms with van der Waals surface area (Å²) in [6.07, 6.45) is -4.55. The number of carbonyl (C=O) groups is 1. The van der Waals surface area contributed by atoms with Crippen LogP contribution < -0.4 is 5.32 Å². The van der Waals surface area contributed by atoms with Gasteiger partial charge < -0.3 is 15.3 Å². The lowest BCUT2D eigenvalue weighted by molar-refractivity contribution is -0.140. The van der Waals surface area contributed by atoms with Crippen LogP contribution in [0.1, 0.15) is 11.1 Å². The number of hydrogen-bond acceptors (Lipinski definition) is 2. The van der Waals surface area contributed by atoms with Gasteiger partial charge in [0.2, 0.25) is 0 Å². The summed E-state index contributed by atoms with van der Waals surface area (Å²) in [5.74, 6) is -0.454. The zero-order valence-corrected chi connectivity index (χ0v) is 11.4. The minimum atomic E-state index is -4.55. The molecule has 0 aliphatic carbocycles. The Hall–Kier alpha value is -1.83. The number of amides is 2. The highest BCUT2D eigenvalue weighted by Gasteiger charge is 2.32. The lowest BCUT2D eigenvalue weighted by Crippen LogP contribution is -2.45. The van der Waals surface area contributed by atoms with E-state index in [2.05, 4.69) is 5.32 Å². The third-order valence-corrected chi connectivity index (χ3v) is 2.71. The largest absolute Gasteiger partial charge is 0.406 e. The van der Waals surface area contributed by atoms with Gasteiger partial charge in [0.05, 0.1) is 6.61 Å². The number of nitrogens with one attached hydrogen (secondary N) is 1. The SMILES string of the molecule is Cc1ccc(CNC(=O)N(CCO)CC(F)(F)F)cc1F. The molecular weight excluding hydrogens is 292 g/mol. The molecule has 2 N–H and O–H groups in total. The molecule has 0 aliphatic rings. The lowest BCUT2D eigenvalue weighted by Gasteiger charge is -2.23. The van der Waals surface area contributed by atoms with E-state index in [1.807, 2.05) is 0 Å². The van der Waals surface area contributed by atoms with Gasteiger partial charge in [0.1, 0.15) is 12.4 Å². The topological polar surface area (TPSA) is 52.6 Å². The minimum Gasteiger partial charge on any atom is -0.395 e. The standard InChI is InChI=1S/C13H16F4N2O2/c1-9-2-3-10(6-11(9)14)7-18-12(21)19(4-5-20)8-13(15,16)17/h2-3,6,20H,4-5,7-8H2,1H3,(H,18,21). The van der Waals surface area contributed by atoms with Crippen molar-refractivity contribution in [2.75, 3.05) is 19.7 Å². The lowest BCUT2D eigenvalue weighted by atomic mass is 10.1. The molecule has 0 radical (unpaired) electrons. The molecule has 0 unspecified atom stereocenters. The van der Waals surface area contributed by atoms with Crippen LogP contribution in [0.2, 0.25) is 0 Å². The first-order valence-electron chi connectivity index (χ1n) is 6.18. The highest BCUT2D eigenvalue weighted by molar-refractivity contribution is 5.74. The highest BCUT2D eigenvalue weighted by Crippen LogP contribution is 2.16. The summed E-state index contributed by atoms with van der Waals surface area (Å²) in [4.78, 5) is 12.1.